The Hall–Kier alpha value is -0.740. The normalized spacial score (nSPS) is 13.3. The van der Waals surface area contributed by atoms with E-state index < -0.39 is 0 Å². The van der Waals surface area contributed by atoms with Crippen molar-refractivity contribution in [1.29, 1.82) is 0 Å². The number of fused-ring (bicyclic) bond motifs is 1. The Kier molecular flexibility index (Phi) is 6.67. The maximum atomic E-state index is 2.43. The van der Waals surface area contributed by atoms with Gasteiger partial charge in [-0.3, -0.25) is 0 Å². The summed E-state index contributed by atoms with van der Waals surface area (Å²) in [4.78, 5) is 0. The van der Waals surface area contributed by atoms with Gasteiger partial charge in [0.2, 0.25) is 0 Å². The quantitative estimate of drug-likeness (QED) is 0.431. The Labute approximate surface area is 126 Å². The summed E-state index contributed by atoms with van der Waals surface area (Å²) in [5, 5.41) is 4.69. The van der Waals surface area contributed by atoms with Crippen molar-refractivity contribution in [2.75, 3.05) is 0 Å². The van der Waals surface area contributed by atoms with E-state index in [9.17, 15) is 0 Å². The van der Waals surface area contributed by atoms with Gasteiger partial charge in [0.15, 0.2) is 0 Å². The fraction of sp³-hybridized carbons (Fsp3) is 0.579. The predicted molar refractivity (Wildman–Crippen MR) is 94.5 cm³/mol. The number of benzene rings is 1. The van der Waals surface area contributed by atoms with Crippen molar-refractivity contribution < 1.29 is 0 Å². The van der Waals surface area contributed by atoms with Crippen LogP contribution in [0.4, 0.5) is 0 Å². The highest BCUT2D eigenvalue weighted by atomic mass is 31.0. The summed E-state index contributed by atoms with van der Waals surface area (Å²) >= 11 is 0. The molecule has 0 amide bonds. The maximum absolute atomic E-state index is 2.43. The van der Waals surface area contributed by atoms with Crippen molar-refractivity contribution >= 4 is 19.0 Å². The monoisotopic (exact) mass is 288 g/mol. The van der Waals surface area contributed by atoms with Crippen LogP contribution in [0.15, 0.2) is 30.1 Å². The van der Waals surface area contributed by atoms with E-state index in [1.165, 1.54) is 62.1 Å². The van der Waals surface area contributed by atoms with Gasteiger partial charge in [0.1, 0.15) is 0 Å². The van der Waals surface area contributed by atoms with Gasteiger partial charge in [-0.05, 0) is 34.2 Å². The Morgan fingerprint density at radius 1 is 0.950 bits per heavy atom. The van der Waals surface area contributed by atoms with Crippen molar-refractivity contribution in [2.45, 2.75) is 71.1 Å². The highest BCUT2D eigenvalue weighted by Crippen LogP contribution is 2.37. The molecule has 1 aromatic carbocycles. The van der Waals surface area contributed by atoms with E-state index in [2.05, 4.69) is 43.9 Å². The third-order valence-corrected chi connectivity index (χ3v) is 5.90. The van der Waals surface area contributed by atoms with Crippen molar-refractivity contribution in [3.8, 4) is 0 Å². The zero-order valence-corrected chi connectivity index (χ0v) is 14.1. The molecule has 0 nitrogen and oxygen atoms in total. The molecule has 0 aliphatic heterocycles. The van der Waals surface area contributed by atoms with E-state index >= 15 is 0 Å². The van der Waals surface area contributed by atoms with Gasteiger partial charge in [0, 0.05) is 0 Å². The molecular weight excluding hydrogens is 259 g/mol. The van der Waals surface area contributed by atoms with Crippen LogP contribution in [0.2, 0.25) is 0 Å². The van der Waals surface area contributed by atoms with Crippen LogP contribution in [0.5, 0.6) is 0 Å². The highest BCUT2D eigenvalue weighted by molar-refractivity contribution is 7.31. The standard InChI is InChI=1S/C19H29P/c1-3-4-5-6-7-8-9-12-16(2)19-18-14-11-10-13-17(18)15-20-19/h10-11,13-16,20H,3-9,12H2,1-2H3. The van der Waals surface area contributed by atoms with Crippen molar-refractivity contribution in [2.24, 2.45) is 0 Å². The highest BCUT2D eigenvalue weighted by Gasteiger charge is 2.10. The second-order valence-corrected chi connectivity index (χ2v) is 7.22. The minimum absolute atomic E-state index is 0.767. The first-order valence-electron chi connectivity index (χ1n) is 8.39. The second kappa shape index (κ2) is 8.53. The molecule has 0 aliphatic carbocycles. The average Bonchev–Trinajstić information content (AvgIpc) is 2.90. The first-order chi connectivity index (χ1) is 9.83. The van der Waals surface area contributed by atoms with Crippen molar-refractivity contribution in [3.05, 3.63) is 35.4 Å². The zero-order valence-electron chi connectivity index (χ0n) is 13.1. The van der Waals surface area contributed by atoms with Gasteiger partial charge in [-0.2, -0.15) is 0 Å². The van der Waals surface area contributed by atoms with Crippen LogP contribution in [0.25, 0.3) is 10.8 Å². The molecule has 1 heterocycles. The lowest BCUT2D eigenvalue weighted by Gasteiger charge is -2.11. The molecule has 2 atom stereocenters. The summed E-state index contributed by atoms with van der Waals surface area (Å²) in [6, 6.07) is 8.91. The van der Waals surface area contributed by atoms with Crippen LogP contribution in [0.1, 0.15) is 76.4 Å². The number of rotatable bonds is 9. The van der Waals surface area contributed by atoms with Crippen LogP contribution in [-0.2, 0) is 0 Å². The molecule has 0 N–H and O–H groups in total. The Morgan fingerprint density at radius 2 is 1.65 bits per heavy atom. The molecule has 110 valence electrons. The molecule has 2 aromatic rings. The lowest BCUT2D eigenvalue weighted by Crippen LogP contribution is -1.91. The van der Waals surface area contributed by atoms with Gasteiger partial charge >= 0.3 is 0 Å². The maximum Gasteiger partial charge on any atom is -0.0109 e. The SMILES string of the molecule is CCCCCCCCCC(C)c1[pH]cc2ccccc12. The largest absolute Gasteiger partial charge is 0.135 e. The molecule has 20 heavy (non-hydrogen) atoms. The molecule has 2 unspecified atom stereocenters. The van der Waals surface area contributed by atoms with E-state index in [0.717, 1.165) is 14.1 Å². The molecule has 0 aliphatic rings. The van der Waals surface area contributed by atoms with Crippen molar-refractivity contribution in [3.63, 3.8) is 0 Å². The Morgan fingerprint density at radius 3 is 2.45 bits per heavy atom. The van der Waals surface area contributed by atoms with Crippen LogP contribution < -0.4 is 0 Å². The Balaban J connectivity index is 1.73. The second-order valence-electron chi connectivity index (χ2n) is 6.10. The smallest absolute Gasteiger partial charge is 0.0109 e. The topological polar surface area (TPSA) is 0 Å². The summed E-state index contributed by atoms with van der Waals surface area (Å²) < 4.78 is 0. The molecule has 2 rings (SSSR count). The van der Waals surface area contributed by atoms with Crippen LogP contribution in [0, 0.1) is 0 Å². The van der Waals surface area contributed by atoms with E-state index in [1.54, 1.807) is 5.30 Å². The van der Waals surface area contributed by atoms with Crippen LogP contribution >= 0.6 is 8.19 Å². The van der Waals surface area contributed by atoms with Gasteiger partial charge in [-0.1, -0.05) is 83.1 Å². The summed E-state index contributed by atoms with van der Waals surface area (Å²) in [5.74, 6) is 3.19. The van der Waals surface area contributed by atoms with Crippen molar-refractivity contribution in [1.82, 2.24) is 0 Å². The molecule has 0 bridgehead atoms. The Bertz CT molecular complexity index is 497. The van der Waals surface area contributed by atoms with E-state index in [0.29, 0.717) is 0 Å². The molecule has 0 fully saturated rings. The average molecular weight is 288 g/mol. The summed E-state index contributed by atoms with van der Waals surface area (Å²) in [7, 11) is 0.922. The third-order valence-electron chi connectivity index (χ3n) is 4.37. The first kappa shape index (κ1) is 15.6. The fourth-order valence-corrected chi connectivity index (χ4v) is 4.44. The molecule has 0 saturated carbocycles. The lowest BCUT2D eigenvalue weighted by atomic mass is 9.98. The lowest BCUT2D eigenvalue weighted by molar-refractivity contribution is 0.553. The number of hydrogen-bond donors (Lipinski definition) is 0. The van der Waals surface area contributed by atoms with Gasteiger partial charge in [0.05, 0.1) is 0 Å². The molecule has 0 radical (unpaired) electrons. The van der Waals surface area contributed by atoms with Gasteiger partial charge < -0.3 is 0 Å². The molecule has 1 heteroatoms. The van der Waals surface area contributed by atoms with Crippen LogP contribution in [0.3, 0.4) is 0 Å². The summed E-state index contributed by atoms with van der Waals surface area (Å²) in [6.07, 6.45) is 11.3. The first-order valence-corrected chi connectivity index (χ1v) is 9.46. The minimum Gasteiger partial charge on any atom is -0.135 e. The van der Waals surface area contributed by atoms with Gasteiger partial charge in [-0.15, -0.1) is 8.19 Å². The summed E-state index contributed by atoms with van der Waals surface area (Å²) in [5.41, 5.74) is 0. The minimum atomic E-state index is 0.767. The van der Waals surface area contributed by atoms with Gasteiger partial charge in [0.25, 0.3) is 0 Å². The van der Waals surface area contributed by atoms with E-state index in [4.69, 9.17) is 0 Å². The molecule has 0 saturated heterocycles. The van der Waals surface area contributed by atoms with Gasteiger partial charge in [-0.25, -0.2) is 0 Å². The molecular formula is C19H29P. The van der Waals surface area contributed by atoms with E-state index in [-0.39, 0.29) is 0 Å². The molecule has 0 spiro atoms. The third kappa shape index (κ3) is 4.38. The number of unbranched alkanes of at least 4 members (excludes halogenated alkanes) is 6. The van der Waals surface area contributed by atoms with Crippen LogP contribution in [-0.4, -0.2) is 0 Å². The summed E-state index contributed by atoms with van der Waals surface area (Å²) in [6.45, 7) is 4.71. The number of hydrogen-bond acceptors (Lipinski definition) is 0. The van der Waals surface area contributed by atoms with E-state index in [1.807, 2.05) is 0 Å². The fourth-order valence-electron chi connectivity index (χ4n) is 3.06. The molecule has 1 aromatic heterocycles. The predicted octanol–water partition coefficient (Wildman–Crippen LogP) is 7.12. The zero-order chi connectivity index (χ0) is 14.2.